The van der Waals surface area contributed by atoms with E-state index in [-0.39, 0.29) is 18.4 Å². The maximum absolute atomic E-state index is 13.0. The Hall–Kier alpha value is -2.08. The van der Waals surface area contributed by atoms with Crippen molar-refractivity contribution in [2.24, 2.45) is 0 Å². The number of benzene rings is 1. The Morgan fingerprint density at radius 2 is 2.08 bits per heavy atom. The maximum atomic E-state index is 13.0. The lowest BCUT2D eigenvalue weighted by atomic mass is 10.1. The number of fused-ring (bicyclic) bond motifs is 1. The second kappa shape index (κ2) is 8.08. The molecule has 0 N–H and O–H groups in total. The molecule has 26 heavy (non-hydrogen) atoms. The van der Waals surface area contributed by atoms with Crippen LogP contribution in [-0.2, 0) is 9.59 Å². The number of anilines is 1. The number of hydrogen-bond acceptors (Lipinski definition) is 4. The number of hydrogen-bond donors (Lipinski definition) is 0. The fourth-order valence-electron chi connectivity index (χ4n) is 3.94. The Balaban J connectivity index is 1.72. The first kappa shape index (κ1) is 18.7. The van der Waals surface area contributed by atoms with Crippen LogP contribution >= 0.6 is 0 Å². The van der Waals surface area contributed by atoms with Gasteiger partial charge in [-0.3, -0.25) is 19.4 Å². The van der Waals surface area contributed by atoms with Crippen molar-refractivity contribution in [3.63, 3.8) is 0 Å². The Morgan fingerprint density at radius 1 is 1.31 bits per heavy atom. The predicted molar refractivity (Wildman–Crippen MR) is 101 cm³/mol. The Labute approximate surface area is 155 Å². The lowest BCUT2D eigenvalue weighted by Crippen LogP contribution is -2.51. The molecule has 1 aromatic carbocycles. The molecule has 1 fully saturated rings. The van der Waals surface area contributed by atoms with Crippen molar-refractivity contribution in [3.8, 4) is 5.75 Å². The molecule has 1 saturated heterocycles. The van der Waals surface area contributed by atoms with Gasteiger partial charge in [-0.25, -0.2) is 0 Å². The predicted octanol–water partition coefficient (Wildman–Crippen LogP) is 2.13. The van der Waals surface area contributed by atoms with Crippen molar-refractivity contribution in [2.45, 2.75) is 45.8 Å². The van der Waals surface area contributed by atoms with E-state index in [1.165, 1.54) is 6.42 Å². The Kier molecular flexibility index (Phi) is 5.81. The minimum Gasteiger partial charge on any atom is -0.479 e. The van der Waals surface area contributed by atoms with Crippen LogP contribution in [0, 0.1) is 0 Å². The molecule has 6 nitrogen and oxygen atoms in total. The maximum Gasteiger partial charge on any atom is 0.268 e. The minimum absolute atomic E-state index is 0.00675. The van der Waals surface area contributed by atoms with Crippen LogP contribution in [0.2, 0.25) is 0 Å². The quantitative estimate of drug-likeness (QED) is 0.781. The first-order chi connectivity index (χ1) is 12.5. The Morgan fingerprint density at radius 3 is 2.81 bits per heavy atom. The second-order valence-electron chi connectivity index (χ2n) is 7.01. The topological polar surface area (TPSA) is 53.1 Å². The summed E-state index contributed by atoms with van der Waals surface area (Å²) in [6.07, 6.45) is 1.75. The standard InChI is InChI=1S/C20H29N3O3/c1-4-21-12-8-9-16(21)13-22(5-2)19(24)14-23-17-10-6-7-11-18(17)26-15(3)20(23)25/h6-7,10-11,15-16H,4-5,8-9,12-14H2,1-3H3/t15-,16-/m1/s1. The van der Waals surface area contributed by atoms with Gasteiger partial charge < -0.3 is 9.64 Å². The summed E-state index contributed by atoms with van der Waals surface area (Å²) >= 11 is 0. The number of rotatable bonds is 6. The minimum atomic E-state index is -0.571. The molecule has 2 aliphatic rings. The molecule has 2 amide bonds. The molecule has 0 radical (unpaired) electrons. The summed E-state index contributed by atoms with van der Waals surface area (Å²) in [4.78, 5) is 31.5. The largest absolute Gasteiger partial charge is 0.479 e. The van der Waals surface area contributed by atoms with Gasteiger partial charge in [0.05, 0.1) is 5.69 Å². The van der Waals surface area contributed by atoms with E-state index in [2.05, 4.69) is 11.8 Å². The number of carbonyl (C=O) groups is 2. The summed E-state index contributed by atoms with van der Waals surface area (Å²) in [6.45, 7) is 9.48. The summed E-state index contributed by atoms with van der Waals surface area (Å²) in [5, 5.41) is 0. The highest BCUT2D eigenvalue weighted by Gasteiger charge is 2.34. The van der Waals surface area contributed by atoms with Crippen molar-refractivity contribution in [2.75, 3.05) is 37.6 Å². The Bertz CT molecular complexity index is 663. The summed E-state index contributed by atoms with van der Waals surface area (Å²) in [5.41, 5.74) is 0.677. The van der Waals surface area contributed by atoms with Gasteiger partial charge in [0.15, 0.2) is 6.10 Å². The average Bonchev–Trinajstić information content (AvgIpc) is 3.10. The highest BCUT2D eigenvalue weighted by atomic mass is 16.5. The number of nitrogens with zero attached hydrogens (tertiary/aromatic N) is 3. The van der Waals surface area contributed by atoms with Gasteiger partial charge in [-0.05, 0) is 51.9 Å². The van der Waals surface area contributed by atoms with Crippen LogP contribution in [0.1, 0.15) is 33.6 Å². The second-order valence-corrected chi connectivity index (χ2v) is 7.01. The summed E-state index contributed by atoms with van der Waals surface area (Å²) < 4.78 is 5.66. The van der Waals surface area contributed by atoms with Gasteiger partial charge in [0.25, 0.3) is 5.91 Å². The number of likely N-dealkylation sites (tertiary alicyclic amines) is 1. The molecule has 0 spiro atoms. The number of amides is 2. The van der Waals surface area contributed by atoms with Crippen LogP contribution in [0.5, 0.6) is 5.75 Å². The number of ether oxygens (including phenoxy) is 1. The molecule has 1 aromatic rings. The van der Waals surface area contributed by atoms with Crippen LogP contribution in [0.3, 0.4) is 0 Å². The molecule has 0 unspecified atom stereocenters. The number of para-hydroxylation sites is 2. The zero-order chi connectivity index (χ0) is 18.7. The van der Waals surface area contributed by atoms with Crippen molar-refractivity contribution in [1.82, 2.24) is 9.80 Å². The van der Waals surface area contributed by atoms with Crippen molar-refractivity contribution in [1.29, 1.82) is 0 Å². The van der Waals surface area contributed by atoms with E-state index in [4.69, 9.17) is 4.74 Å². The van der Waals surface area contributed by atoms with Gasteiger partial charge in [0, 0.05) is 19.1 Å². The summed E-state index contributed by atoms with van der Waals surface area (Å²) in [7, 11) is 0. The fourth-order valence-corrected chi connectivity index (χ4v) is 3.94. The molecule has 2 heterocycles. The normalized spacial score (nSPS) is 22.9. The van der Waals surface area contributed by atoms with Crippen LogP contribution in [0.15, 0.2) is 24.3 Å². The van der Waals surface area contributed by atoms with Crippen molar-refractivity contribution >= 4 is 17.5 Å². The van der Waals surface area contributed by atoms with E-state index >= 15 is 0 Å². The molecule has 0 bridgehead atoms. The molecule has 2 aliphatic heterocycles. The number of likely N-dealkylation sites (N-methyl/N-ethyl adjacent to an activating group) is 2. The molecule has 0 aliphatic carbocycles. The molecule has 3 rings (SSSR count). The first-order valence-corrected chi connectivity index (χ1v) is 9.64. The monoisotopic (exact) mass is 359 g/mol. The zero-order valence-electron chi connectivity index (χ0n) is 16.0. The van der Waals surface area contributed by atoms with Crippen LogP contribution in [-0.4, -0.2) is 66.5 Å². The molecular formula is C20H29N3O3. The van der Waals surface area contributed by atoms with Gasteiger partial charge in [-0.15, -0.1) is 0 Å². The van der Waals surface area contributed by atoms with E-state index < -0.39 is 6.10 Å². The van der Waals surface area contributed by atoms with E-state index in [0.717, 1.165) is 26.1 Å². The molecular weight excluding hydrogens is 330 g/mol. The molecule has 0 aromatic heterocycles. The average molecular weight is 359 g/mol. The van der Waals surface area contributed by atoms with E-state index in [1.807, 2.05) is 36.1 Å². The third kappa shape index (κ3) is 3.70. The molecule has 6 heteroatoms. The van der Waals surface area contributed by atoms with Gasteiger partial charge in [-0.2, -0.15) is 0 Å². The smallest absolute Gasteiger partial charge is 0.268 e. The molecule has 142 valence electrons. The first-order valence-electron chi connectivity index (χ1n) is 9.64. The highest BCUT2D eigenvalue weighted by Crippen LogP contribution is 2.33. The van der Waals surface area contributed by atoms with Gasteiger partial charge in [0.1, 0.15) is 12.3 Å². The van der Waals surface area contributed by atoms with Gasteiger partial charge >= 0.3 is 0 Å². The van der Waals surface area contributed by atoms with E-state index in [9.17, 15) is 9.59 Å². The van der Waals surface area contributed by atoms with Crippen molar-refractivity contribution in [3.05, 3.63) is 24.3 Å². The van der Waals surface area contributed by atoms with Crippen molar-refractivity contribution < 1.29 is 14.3 Å². The van der Waals surface area contributed by atoms with Crippen LogP contribution in [0.4, 0.5) is 5.69 Å². The molecule has 0 saturated carbocycles. The van der Waals surface area contributed by atoms with Gasteiger partial charge in [-0.1, -0.05) is 19.1 Å². The van der Waals surface area contributed by atoms with Gasteiger partial charge in [0.2, 0.25) is 5.91 Å². The lowest BCUT2D eigenvalue weighted by molar-refractivity contribution is -0.133. The summed E-state index contributed by atoms with van der Waals surface area (Å²) in [5.74, 6) is 0.486. The van der Waals surface area contributed by atoms with Crippen LogP contribution < -0.4 is 9.64 Å². The SMILES string of the molecule is CCN(C[C@H]1CCCN1CC)C(=O)CN1C(=O)[C@@H](C)Oc2ccccc21. The van der Waals surface area contributed by atoms with E-state index in [1.54, 1.807) is 11.8 Å². The molecule has 2 atom stereocenters. The highest BCUT2D eigenvalue weighted by molar-refractivity contribution is 6.03. The third-order valence-corrected chi connectivity index (χ3v) is 5.44. The van der Waals surface area contributed by atoms with E-state index in [0.29, 0.717) is 24.0 Å². The fraction of sp³-hybridized carbons (Fsp3) is 0.600. The van der Waals surface area contributed by atoms with Crippen LogP contribution in [0.25, 0.3) is 0 Å². The zero-order valence-corrected chi connectivity index (χ0v) is 16.0. The number of carbonyl (C=O) groups excluding carboxylic acids is 2. The lowest BCUT2D eigenvalue weighted by Gasteiger charge is -2.35. The third-order valence-electron chi connectivity index (χ3n) is 5.44. The summed E-state index contributed by atoms with van der Waals surface area (Å²) in [6, 6.07) is 7.83.